The van der Waals surface area contributed by atoms with Gasteiger partial charge in [0.25, 0.3) is 5.91 Å². The highest BCUT2D eigenvalue weighted by molar-refractivity contribution is 7.89. The summed E-state index contributed by atoms with van der Waals surface area (Å²) in [5, 5.41) is 0. The van der Waals surface area contributed by atoms with Crippen LogP contribution in [-0.2, 0) is 16.6 Å². The fourth-order valence-corrected chi connectivity index (χ4v) is 4.90. The molecule has 0 radical (unpaired) electrons. The molecule has 0 spiro atoms. The molecule has 1 aliphatic rings. The molecule has 1 aromatic heterocycles. The number of hydrogen-bond donors (Lipinski definition) is 0. The number of halogens is 2. The maximum Gasteiger partial charge on any atom is 0.290 e. The Bertz CT molecular complexity index is 1210. The Hall–Kier alpha value is -3.24. The van der Waals surface area contributed by atoms with Gasteiger partial charge in [0, 0.05) is 31.7 Å². The van der Waals surface area contributed by atoms with Gasteiger partial charge >= 0.3 is 0 Å². The van der Waals surface area contributed by atoms with Crippen LogP contribution >= 0.6 is 0 Å². The second-order valence-electron chi connectivity index (χ2n) is 7.15. The van der Waals surface area contributed by atoms with Crippen molar-refractivity contribution in [2.45, 2.75) is 11.5 Å². The zero-order chi connectivity index (χ0) is 22.7. The van der Waals surface area contributed by atoms with Gasteiger partial charge < -0.3 is 14.1 Å². The van der Waals surface area contributed by atoms with Crippen molar-refractivity contribution in [1.29, 1.82) is 0 Å². The van der Waals surface area contributed by atoms with E-state index >= 15 is 0 Å². The van der Waals surface area contributed by atoms with Crippen molar-refractivity contribution < 1.29 is 31.1 Å². The molecule has 1 amide bonds. The van der Waals surface area contributed by atoms with E-state index in [1.165, 1.54) is 11.2 Å². The lowest BCUT2D eigenvalue weighted by Crippen LogP contribution is -2.50. The summed E-state index contributed by atoms with van der Waals surface area (Å²) >= 11 is 0. The average molecular weight is 462 g/mol. The zero-order valence-corrected chi connectivity index (χ0v) is 17.7. The molecule has 168 valence electrons. The molecule has 0 N–H and O–H groups in total. The maximum atomic E-state index is 14.0. The van der Waals surface area contributed by atoms with Crippen molar-refractivity contribution in [2.75, 3.05) is 26.2 Å². The van der Waals surface area contributed by atoms with E-state index in [1.54, 1.807) is 18.2 Å². The molecule has 2 heterocycles. The van der Waals surface area contributed by atoms with Crippen LogP contribution in [0, 0.1) is 11.6 Å². The minimum absolute atomic E-state index is 0.0550. The molecule has 3 aromatic rings. The maximum absolute atomic E-state index is 14.0. The smallest absolute Gasteiger partial charge is 0.290 e. The van der Waals surface area contributed by atoms with E-state index in [0.717, 1.165) is 16.4 Å². The first kappa shape index (κ1) is 22.0. The number of furan rings is 1. The molecule has 32 heavy (non-hydrogen) atoms. The van der Waals surface area contributed by atoms with E-state index in [1.807, 2.05) is 18.2 Å². The minimum atomic E-state index is -4.23. The van der Waals surface area contributed by atoms with E-state index in [0.29, 0.717) is 17.4 Å². The summed E-state index contributed by atoms with van der Waals surface area (Å²) in [6.45, 7) is 0.180. The Balaban J connectivity index is 1.41. The molecule has 2 aromatic carbocycles. The fourth-order valence-electron chi connectivity index (χ4n) is 3.40. The standard InChI is InChI=1S/C22H20F2N2O5S/c23-17-6-7-19(24)20(14-17)32(28,29)26-11-9-25(10-12-26)22(27)21-16(8-13-30-21)15-31-18-4-2-1-3-5-18/h1-8,13-14H,9-12,15H2. The van der Waals surface area contributed by atoms with Gasteiger partial charge in [0.2, 0.25) is 10.0 Å². The third-order valence-corrected chi connectivity index (χ3v) is 7.03. The molecule has 4 rings (SSSR count). The lowest BCUT2D eigenvalue weighted by molar-refractivity contribution is 0.0662. The van der Waals surface area contributed by atoms with Crippen LogP contribution in [0.2, 0.25) is 0 Å². The number of piperazine rings is 1. The van der Waals surface area contributed by atoms with E-state index in [-0.39, 0.29) is 38.5 Å². The van der Waals surface area contributed by atoms with Crippen molar-refractivity contribution in [3.05, 3.63) is 83.8 Å². The second-order valence-corrected chi connectivity index (χ2v) is 9.05. The SMILES string of the molecule is O=C(c1occc1COc1ccccc1)N1CCN(S(=O)(=O)c2cc(F)ccc2F)CC1. The van der Waals surface area contributed by atoms with Crippen LogP contribution in [0.15, 0.2) is 70.2 Å². The summed E-state index contributed by atoms with van der Waals surface area (Å²) in [4.78, 5) is 13.7. The first-order chi connectivity index (χ1) is 15.4. The highest BCUT2D eigenvalue weighted by Crippen LogP contribution is 2.23. The second kappa shape index (κ2) is 9.09. The summed E-state index contributed by atoms with van der Waals surface area (Å²) in [6, 6.07) is 13.0. The number of carbonyl (C=O) groups is 1. The van der Waals surface area contributed by atoms with Gasteiger partial charge in [-0.3, -0.25) is 4.79 Å². The largest absolute Gasteiger partial charge is 0.489 e. The van der Waals surface area contributed by atoms with E-state index in [9.17, 15) is 22.0 Å². The van der Waals surface area contributed by atoms with Gasteiger partial charge in [-0.1, -0.05) is 18.2 Å². The Kier molecular flexibility index (Phi) is 6.24. The number of benzene rings is 2. The predicted molar refractivity (Wildman–Crippen MR) is 111 cm³/mol. The number of nitrogens with zero attached hydrogens (tertiary/aromatic N) is 2. The zero-order valence-electron chi connectivity index (χ0n) is 16.9. The summed E-state index contributed by atoms with van der Waals surface area (Å²) in [5.41, 5.74) is 0.565. The number of amides is 1. The Morgan fingerprint density at radius 3 is 2.44 bits per heavy atom. The molecule has 1 aliphatic heterocycles. The number of para-hydroxylation sites is 1. The first-order valence-electron chi connectivity index (χ1n) is 9.85. The molecule has 0 saturated carbocycles. The van der Waals surface area contributed by atoms with Crippen LogP contribution < -0.4 is 4.74 Å². The van der Waals surface area contributed by atoms with Crippen molar-refractivity contribution in [1.82, 2.24) is 9.21 Å². The van der Waals surface area contributed by atoms with Crippen molar-refractivity contribution in [3.63, 3.8) is 0 Å². The van der Waals surface area contributed by atoms with Gasteiger partial charge in [0.15, 0.2) is 5.76 Å². The number of hydrogen-bond acceptors (Lipinski definition) is 5. The van der Waals surface area contributed by atoms with Gasteiger partial charge in [-0.15, -0.1) is 0 Å². The monoisotopic (exact) mass is 462 g/mol. The predicted octanol–water partition coefficient (Wildman–Crippen LogP) is 3.28. The molecule has 1 saturated heterocycles. The molecule has 0 aliphatic carbocycles. The van der Waals surface area contributed by atoms with Gasteiger partial charge in [-0.05, 0) is 36.4 Å². The van der Waals surface area contributed by atoms with E-state index in [4.69, 9.17) is 9.15 Å². The van der Waals surface area contributed by atoms with Crippen LogP contribution in [0.25, 0.3) is 0 Å². The minimum Gasteiger partial charge on any atom is -0.489 e. The normalized spacial score (nSPS) is 15.0. The molecule has 1 fully saturated rings. The van der Waals surface area contributed by atoms with Crippen LogP contribution in [0.3, 0.4) is 0 Å². The van der Waals surface area contributed by atoms with Gasteiger partial charge in [0.05, 0.1) is 6.26 Å². The van der Waals surface area contributed by atoms with Crippen LogP contribution in [0.4, 0.5) is 8.78 Å². The topological polar surface area (TPSA) is 80.1 Å². The molecule has 0 bridgehead atoms. The molecular formula is C22H20F2N2O5S. The summed E-state index contributed by atoms with van der Waals surface area (Å²) in [6.07, 6.45) is 1.39. The quantitative estimate of drug-likeness (QED) is 0.562. The van der Waals surface area contributed by atoms with Crippen molar-refractivity contribution in [2.24, 2.45) is 0 Å². The van der Waals surface area contributed by atoms with Crippen LogP contribution in [-0.4, -0.2) is 49.7 Å². The highest BCUT2D eigenvalue weighted by Gasteiger charge is 2.33. The Morgan fingerprint density at radius 2 is 1.72 bits per heavy atom. The number of ether oxygens (including phenoxy) is 1. The summed E-state index contributed by atoms with van der Waals surface area (Å²) < 4.78 is 65.0. The summed E-state index contributed by atoms with van der Waals surface area (Å²) in [7, 11) is -4.23. The number of carbonyl (C=O) groups excluding carboxylic acids is 1. The van der Waals surface area contributed by atoms with Crippen LogP contribution in [0.5, 0.6) is 5.75 Å². The lowest BCUT2D eigenvalue weighted by atomic mass is 10.2. The lowest BCUT2D eigenvalue weighted by Gasteiger charge is -2.33. The molecule has 7 nitrogen and oxygen atoms in total. The summed E-state index contributed by atoms with van der Waals surface area (Å²) in [5.74, 6) is -1.50. The molecule has 0 unspecified atom stereocenters. The molecular weight excluding hydrogens is 442 g/mol. The number of rotatable bonds is 6. The third-order valence-electron chi connectivity index (χ3n) is 5.12. The van der Waals surface area contributed by atoms with E-state index in [2.05, 4.69) is 0 Å². The first-order valence-corrected chi connectivity index (χ1v) is 11.3. The third kappa shape index (κ3) is 4.51. The van der Waals surface area contributed by atoms with Gasteiger partial charge in [-0.25, -0.2) is 17.2 Å². The average Bonchev–Trinajstić information content (AvgIpc) is 3.28. The van der Waals surface area contributed by atoms with Crippen molar-refractivity contribution >= 4 is 15.9 Å². The highest BCUT2D eigenvalue weighted by atomic mass is 32.2. The van der Waals surface area contributed by atoms with Gasteiger partial charge in [-0.2, -0.15) is 4.31 Å². The fraction of sp³-hybridized carbons (Fsp3) is 0.227. The van der Waals surface area contributed by atoms with E-state index < -0.39 is 32.5 Å². The Morgan fingerprint density at radius 1 is 1.00 bits per heavy atom. The Labute approximate surface area is 183 Å². The van der Waals surface area contributed by atoms with Crippen molar-refractivity contribution in [3.8, 4) is 5.75 Å². The van der Waals surface area contributed by atoms with Gasteiger partial charge in [0.1, 0.15) is 28.9 Å². The van der Waals surface area contributed by atoms with Crippen LogP contribution in [0.1, 0.15) is 16.1 Å². The molecule has 10 heteroatoms. The number of sulfonamides is 1. The molecule has 0 atom stereocenters.